The van der Waals surface area contributed by atoms with Crippen molar-refractivity contribution in [3.05, 3.63) is 60.2 Å². The molecule has 0 saturated carbocycles. The molecule has 0 radical (unpaired) electrons. The molecule has 0 spiro atoms. The minimum atomic E-state index is -0.585. The SMILES string of the molecule is CCN(Cc1ccccc1)C(=O)[C@H]1COc2ccccc2O1. The first-order valence-electron chi connectivity index (χ1n) is 7.49. The highest BCUT2D eigenvalue weighted by Gasteiger charge is 2.30. The highest BCUT2D eigenvalue weighted by atomic mass is 16.6. The maximum Gasteiger partial charge on any atom is 0.267 e. The highest BCUT2D eigenvalue weighted by molar-refractivity contribution is 5.82. The predicted octanol–water partition coefficient (Wildman–Crippen LogP) is 2.88. The van der Waals surface area contributed by atoms with Crippen LogP contribution in [0, 0.1) is 0 Å². The average molecular weight is 297 g/mol. The van der Waals surface area contributed by atoms with E-state index in [-0.39, 0.29) is 12.5 Å². The van der Waals surface area contributed by atoms with Crippen LogP contribution in [0.4, 0.5) is 0 Å². The zero-order valence-electron chi connectivity index (χ0n) is 12.6. The number of carbonyl (C=O) groups is 1. The van der Waals surface area contributed by atoms with Gasteiger partial charge in [-0.1, -0.05) is 42.5 Å². The Hall–Kier alpha value is -2.49. The third-order valence-electron chi connectivity index (χ3n) is 3.69. The number of hydrogen-bond donors (Lipinski definition) is 0. The summed E-state index contributed by atoms with van der Waals surface area (Å²) in [6, 6.07) is 17.4. The van der Waals surface area contributed by atoms with Gasteiger partial charge in [-0.05, 0) is 24.6 Å². The molecule has 114 valence electrons. The molecule has 3 rings (SSSR count). The van der Waals surface area contributed by atoms with Crippen molar-refractivity contribution >= 4 is 5.91 Å². The van der Waals surface area contributed by atoms with Gasteiger partial charge in [-0.3, -0.25) is 4.79 Å². The number of benzene rings is 2. The van der Waals surface area contributed by atoms with Crippen LogP contribution >= 0.6 is 0 Å². The largest absolute Gasteiger partial charge is 0.485 e. The number of carbonyl (C=O) groups excluding carboxylic acids is 1. The Morgan fingerprint density at radius 1 is 1.09 bits per heavy atom. The fraction of sp³-hybridized carbons (Fsp3) is 0.278. The van der Waals surface area contributed by atoms with Crippen molar-refractivity contribution in [2.75, 3.05) is 13.2 Å². The summed E-state index contributed by atoms with van der Waals surface area (Å²) in [6.45, 7) is 3.44. The second-order valence-corrected chi connectivity index (χ2v) is 5.20. The normalized spacial score (nSPS) is 16.1. The lowest BCUT2D eigenvalue weighted by Gasteiger charge is -2.30. The Kier molecular flexibility index (Phi) is 4.28. The average Bonchev–Trinajstić information content (AvgIpc) is 2.59. The smallest absolute Gasteiger partial charge is 0.267 e. The Labute approximate surface area is 130 Å². The highest BCUT2D eigenvalue weighted by Crippen LogP contribution is 2.31. The molecule has 2 aromatic carbocycles. The summed E-state index contributed by atoms with van der Waals surface area (Å²) in [5.41, 5.74) is 1.11. The van der Waals surface area contributed by atoms with Gasteiger partial charge < -0.3 is 14.4 Å². The maximum atomic E-state index is 12.7. The number of hydrogen-bond acceptors (Lipinski definition) is 3. The summed E-state index contributed by atoms with van der Waals surface area (Å²) in [6.07, 6.45) is -0.585. The number of ether oxygens (including phenoxy) is 2. The van der Waals surface area contributed by atoms with Crippen molar-refractivity contribution in [2.24, 2.45) is 0 Å². The Morgan fingerprint density at radius 3 is 2.50 bits per heavy atom. The van der Waals surface area contributed by atoms with E-state index in [1.165, 1.54) is 0 Å². The monoisotopic (exact) mass is 297 g/mol. The predicted molar refractivity (Wildman–Crippen MR) is 83.9 cm³/mol. The van der Waals surface area contributed by atoms with Crippen LogP contribution in [0.1, 0.15) is 12.5 Å². The molecule has 1 heterocycles. The maximum absolute atomic E-state index is 12.7. The van der Waals surface area contributed by atoms with Gasteiger partial charge in [-0.25, -0.2) is 0 Å². The topological polar surface area (TPSA) is 38.8 Å². The van der Waals surface area contributed by atoms with Crippen molar-refractivity contribution in [1.29, 1.82) is 0 Å². The van der Waals surface area contributed by atoms with E-state index in [2.05, 4.69) is 0 Å². The number of amides is 1. The van der Waals surface area contributed by atoms with Crippen LogP contribution in [0.5, 0.6) is 11.5 Å². The van der Waals surface area contributed by atoms with Crippen LogP contribution < -0.4 is 9.47 Å². The van der Waals surface area contributed by atoms with Gasteiger partial charge >= 0.3 is 0 Å². The minimum Gasteiger partial charge on any atom is -0.485 e. The quantitative estimate of drug-likeness (QED) is 0.871. The number of fused-ring (bicyclic) bond motifs is 1. The molecule has 22 heavy (non-hydrogen) atoms. The summed E-state index contributed by atoms with van der Waals surface area (Å²) >= 11 is 0. The first kappa shape index (κ1) is 14.4. The van der Waals surface area contributed by atoms with E-state index >= 15 is 0 Å². The molecule has 0 N–H and O–H groups in total. The van der Waals surface area contributed by atoms with Gasteiger partial charge in [0, 0.05) is 13.1 Å². The lowest BCUT2D eigenvalue weighted by Crippen LogP contribution is -2.46. The lowest BCUT2D eigenvalue weighted by atomic mass is 10.2. The molecule has 0 bridgehead atoms. The van der Waals surface area contributed by atoms with Crippen molar-refractivity contribution in [3.63, 3.8) is 0 Å². The van der Waals surface area contributed by atoms with Crippen LogP contribution in [0.15, 0.2) is 54.6 Å². The molecular weight excluding hydrogens is 278 g/mol. The lowest BCUT2D eigenvalue weighted by molar-refractivity contribution is -0.141. The first-order chi connectivity index (χ1) is 10.8. The van der Waals surface area contributed by atoms with E-state index in [1.807, 2.05) is 61.5 Å². The summed E-state index contributed by atoms with van der Waals surface area (Å²) in [7, 11) is 0. The Balaban J connectivity index is 1.70. The number of likely N-dealkylation sites (N-methyl/N-ethyl adjacent to an activating group) is 1. The van der Waals surface area contributed by atoms with Crippen molar-refractivity contribution < 1.29 is 14.3 Å². The molecule has 0 aliphatic carbocycles. The zero-order valence-corrected chi connectivity index (χ0v) is 12.6. The van der Waals surface area contributed by atoms with E-state index < -0.39 is 6.10 Å². The van der Waals surface area contributed by atoms with Crippen LogP contribution in [0.3, 0.4) is 0 Å². The van der Waals surface area contributed by atoms with Crippen molar-refractivity contribution in [2.45, 2.75) is 19.6 Å². The molecule has 1 atom stereocenters. The molecule has 0 unspecified atom stereocenters. The van der Waals surface area contributed by atoms with Gasteiger partial charge in [-0.2, -0.15) is 0 Å². The fourth-order valence-electron chi connectivity index (χ4n) is 2.49. The van der Waals surface area contributed by atoms with Gasteiger partial charge in [0.2, 0.25) is 6.10 Å². The fourth-order valence-corrected chi connectivity index (χ4v) is 2.49. The molecule has 2 aromatic rings. The number of rotatable bonds is 4. The van der Waals surface area contributed by atoms with Crippen LogP contribution in [-0.4, -0.2) is 30.1 Å². The number of para-hydroxylation sites is 2. The molecule has 1 aliphatic rings. The van der Waals surface area contributed by atoms with Gasteiger partial charge in [0.05, 0.1) is 0 Å². The first-order valence-corrected chi connectivity index (χ1v) is 7.49. The van der Waals surface area contributed by atoms with Crippen molar-refractivity contribution in [3.8, 4) is 11.5 Å². The summed E-state index contributed by atoms with van der Waals surface area (Å²) < 4.78 is 11.4. The van der Waals surface area contributed by atoms with Crippen LogP contribution in [-0.2, 0) is 11.3 Å². The second kappa shape index (κ2) is 6.52. The molecule has 4 heteroatoms. The third kappa shape index (κ3) is 3.06. The summed E-state index contributed by atoms with van der Waals surface area (Å²) in [4.78, 5) is 14.5. The molecular formula is C18H19NO3. The number of nitrogens with zero attached hydrogens (tertiary/aromatic N) is 1. The van der Waals surface area contributed by atoms with Crippen molar-refractivity contribution in [1.82, 2.24) is 4.90 Å². The molecule has 1 aliphatic heterocycles. The van der Waals surface area contributed by atoms with Gasteiger partial charge in [0.25, 0.3) is 5.91 Å². The van der Waals surface area contributed by atoms with Gasteiger partial charge in [0.15, 0.2) is 11.5 Å². The second-order valence-electron chi connectivity index (χ2n) is 5.20. The van der Waals surface area contributed by atoms with E-state index in [0.29, 0.717) is 24.6 Å². The van der Waals surface area contributed by atoms with Gasteiger partial charge in [-0.15, -0.1) is 0 Å². The Morgan fingerprint density at radius 2 is 1.77 bits per heavy atom. The van der Waals surface area contributed by atoms with E-state index in [4.69, 9.17) is 9.47 Å². The van der Waals surface area contributed by atoms with E-state index in [9.17, 15) is 4.79 Å². The minimum absolute atomic E-state index is 0.0409. The molecule has 4 nitrogen and oxygen atoms in total. The summed E-state index contributed by atoms with van der Waals surface area (Å²) in [5.74, 6) is 1.28. The molecule has 0 fully saturated rings. The van der Waals surface area contributed by atoms with Gasteiger partial charge in [0.1, 0.15) is 6.61 Å². The zero-order chi connectivity index (χ0) is 15.4. The van der Waals surface area contributed by atoms with E-state index in [0.717, 1.165) is 5.56 Å². The third-order valence-corrected chi connectivity index (χ3v) is 3.69. The molecule has 0 saturated heterocycles. The molecule has 0 aromatic heterocycles. The Bertz CT molecular complexity index is 638. The molecule has 1 amide bonds. The van der Waals surface area contributed by atoms with Crippen LogP contribution in [0.25, 0.3) is 0 Å². The standard InChI is InChI=1S/C18H19NO3/c1-2-19(12-14-8-4-3-5-9-14)18(20)17-13-21-15-10-6-7-11-16(15)22-17/h3-11,17H,2,12-13H2,1H3/t17-/m1/s1. The van der Waals surface area contributed by atoms with E-state index in [1.54, 1.807) is 4.90 Å². The van der Waals surface area contributed by atoms with Crippen LogP contribution in [0.2, 0.25) is 0 Å². The summed E-state index contributed by atoms with van der Waals surface area (Å²) in [5, 5.41) is 0.